The molecule has 4 heteroatoms. The predicted molar refractivity (Wildman–Crippen MR) is 103 cm³/mol. The Kier molecular flexibility index (Phi) is 5.06. The van der Waals surface area contributed by atoms with E-state index in [1.54, 1.807) is 0 Å². The van der Waals surface area contributed by atoms with Crippen LogP contribution in [0.4, 0.5) is 5.69 Å². The summed E-state index contributed by atoms with van der Waals surface area (Å²) in [5.41, 5.74) is 3.14. The first-order chi connectivity index (χ1) is 12.1. The van der Waals surface area contributed by atoms with E-state index < -0.39 is 0 Å². The van der Waals surface area contributed by atoms with Crippen LogP contribution in [0, 0.1) is 11.8 Å². The molecule has 0 atom stereocenters. The molecule has 0 bridgehead atoms. The van der Waals surface area contributed by atoms with Crippen molar-refractivity contribution >= 4 is 22.5 Å². The number of carbonyl (C=O) groups is 1. The van der Waals surface area contributed by atoms with E-state index in [2.05, 4.69) is 17.2 Å². The summed E-state index contributed by atoms with van der Waals surface area (Å²) in [6, 6.07) is 18.1. The highest BCUT2D eigenvalue weighted by Gasteiger charge is 2.04. The van der Waals surface area contributed by atoms with Gasteiger partial charge in [0, 0.05) is 37.1 Å². The minimum Gasteiger partial charge on any atom is -0.378 e. The number of fused-ring (bicyclic) bond motifs is 1. The minimum absolute atomic E-state index is 0.0430. The Balaban J connectivity index is 1.53. The molecule has 0 aliphatic carbocycles. The van der Waals surface area contributed by atoms with Crippen molar-refractivity contribution in [2.45, 2.75) is 6.54 Å². The van der Waals surface area contributed by atoms with Gasteiger partial charge in [0.1, 0.15) is 6.54 Å². The molecule has 0 radical (unpaired) electrons. The van der Waals surface area contributed by atoms with Crippen LogP contribution < -0.4 is 10.2 Å². The standard InChI is InChI=1S/C21H21N3O/c1-23(2)19-11-9-17(10-12-19)6-5-14-22-21(25)16-24-15-13-18-7-3-4-8-20(18)24/h3-4,7-13,15H,14,16H2,1-2H3,(H,22,25). The van der Waals surface area contributed by atoms with Crippen LogP contribution in [0.1, 0.15) is 5.56 Å². The summed E-state index contributed by atoms with van der Waals surface area (Å²) in [5.74, 6) is 6.01. The van der Waals surface area contributed by atoms with Crippen molar-refractivity contribution in [1.29, 1.82) is 0 Å². The first-order valence-corrected chi connectivity index (χ1v) is 8.20. The van der Waals surface area contributed by atoms with Crippen molar-refractivity contribution in [3.05, 3.63) is 66.4 Å². The van der Waals surface area contributed by atoms with Crippen LogP contribution in [0.3, 0.4) is 0 Å². The third-order valence-electron chi connectivity index (χ3n) is 3.98. The van der Waals surface area contributed by atoms with Gasteiger partial charge in [-0.2, -0.15) is 0 Å². The lowest BCUT2D eigenvalue weighted by Gasteiger charge is -2.11. The van der Waals surface area contributed by atoms with E-state index in [1.165, 1.54) is 0 Å². The van der Waals surface area contributed by atoms with Crippen LogP contribution in [0.5, 0.6) is 0 Å². The Bertz CT molecular complexity index is 927. The highest BCUT2D eigenvalue weighted by Crippen LogP contribution is 2.14. The molecule has 25 heavy (non-hydrogen) atoms. The molecule has 1 heterocycles. The first kappa shape index (κ1) is 16.7. The topological polar surface area (TPSA) is 37.3 Å². The van der Waals surface area contributed by atoms with Gasteiger partial charge in [-0.1, -0.05) is 30.0 Å². The lowest BCUT2D eigenvalue weighted by molar-refractivity contribution is -0.121. The zero-order chi connectivity index (χ0) is 17.6. The predicted octanol–water partition coefficient (Wildman–Crippen LogP) is 2.88. The van der Waals surface area contributed by atoms with Gasteiger partial charge in [0.15, 0.2) is 0 Å². The van der Waals surface area contributed by atoms with Crippen molar-refractivity contribution in [1.82, 2.24) is 9.88 Å². The number of carbonyl (C=O) groups excluding carboxylic acids is 1. The molecule has 0 aliphatic heterocycles. The summed E-state index contributed by atoms with van der Waals surface area (Å²) in [7, 11) is 4.01. The van der Waals surface area contributed by atoms with Crippen LogP contribution in [0.2, 0.25) is 0 Å². The molecule has 3 rings (SSSR count). The minimum atomic E-state index is -0.0430. The third-order valence-corrected chi connectivity index (χ3v) is 3.98. The Morgan fingerprint density at radius 3 is 2.60 bits per heavy atom. The molecule has 1 amide bonds. The molecule has 0 unspecified atom stereocenters. The average molecular weight is 331 g/mol. The van der Waals surface area contributed by atoms with Gasteiger partial charge in [-0.05, 0) is 41.8 Å². The van der Waals surface area contributed by atoms with Gasteiger partial charge in [0.05, 0.1) is 6.54 Å². The van der Waals surface area contributed by atoms with Crippen LogP contribution in [-0.4, -0.2) is 31.1 Å². The summed E-state index contributed by atoms with van der Waals surface area (Å²) in [5, 5.41) is 3.98. The van der Waals surface area contributed by atoms with Crippen molar-refractivity contribution in [2.24, 2.45) is 0 Å². The van der Waals surface area contributed by atoms with Crippen molar-refractivity contribution in [3.63, 3.8) is 0 Å². The largest absolute Gasteiger partial charge is 0.378 e. The number of para-hydroxylation sites is 1. The maximum atomic E-state index is 12.1. The maximum absolute atomic E-state index is 12.1. The van der Waals surface area contributed by atoms with Gasteiger partial charge in [-0.15, -0.1) is 0 Å². The van der Waals surface area contributed by atoms with Crippen molar-refractivity contribution in [3.8, 4) is 11.8 Å². The number of nitrogens with zero attached hydrogens (tertiary/aromatic N) is 2. The SMILES string of the molecule is CN(C)c1ccc(C#CCNC(=O)Cn2ccc3ccccc32)cc1. The summed E-state index contributed by atoms with van der Waals surface area (Å²) in [6.07, 6.45) is 1.93. The lowest BCUT2D eigenvalue weighted by Crippen LogP contribution is -2.27. The number of hydrogen-bond acceptors (Lipinski definition) is 2. The summed E-state index contributed by atoms with van der Waals surface area (Å²) < 4.78 is 1.94. The quantitative estimate of drug-likeness (QED) is 0.747. The van der Waals surface area contributed by atoms with Crippen LogP contribution >= 0.6 is 0 Å². The number of benzene rings is 2. The normalized spacial score (nSPS) is 10.2. The number of amides is 1. The summed E-state index contributed by atoms with van der Waals surface area (Å²) in [6.45, 7) is 0.639. The molecule has 0 fully saturated rings. The zero-order valence-electron chi connectivity index (χ0n) is 14.5. The van der Waals surface area contributed by atoms with E-state index >= 15 is 0 Å². The molecule has 126 valence electrons. The molecule has 0 aliphatic rings. The second kappa shape index (κ2) is 7.59. The Morgan fingerprint density at radius 2 is 1.84 bits per heavy atom. The van der Waals surface area contributed by atoms with Crippen LogP contribution in [0.25, 0.3) is 10.9 Å². The van der Waals surface area contributed by atoms with Gasteiger partial charge in [0.2, 0.25) is 5.91 Å². The Hall–Kier alpha value is -3.19. The fourth-order valence-electron chi connectivity index (χ4n) is 2.62. The highest BCUT2D eigenvalue weighted by atomic mass is 16.1. The van der Waals surface area contributed by atoms with E-state index in [9.17, 15) is 4.79 Å². The molecule has 1 aromatic heterocycles. The van der Waals surface area contributed by atoms with Crippen molar-refractivity contribution in [2.75, 3.05) is 25.5 Å². The number of rotatable bonds is 4. The fraction of sp³-hybridized carbons (Fsp3) is 0.190. The smallest absolute Gasteiger partial charge is 0.240 e. The van der Waals surface area contributed by atoms with Crippen LogP contribution in [0.15, 0.2) is 60.8 Å². The van der Waals surface area contributed by atoms with Gasteiger partial charge in [0.25, 0.3) is 0 Å². The molecule has 2 aromatic carbocycles. The zero-order valence-corrected chi connectivity index (χ0v) is 14.5. The fourth-order valence-corrected chi connectivity index (χ4v) is 2.62. The average Bonchev–Trinajstić information content (AvgIpc) is 3.02. The molecule has 4 nitrogen and oxygen atoms in total. The monoisotopic (exact) mass is 331 g/mol. The molecule has 3 aromatic rings. The van der Waals surface area contributed by atoms with Gasteiger partial charge in [-0.3, -0.25) is 4.79 Å². The molecule has 0 saturated heterocycles. The van der Waals surface area contributed by atoms with Gasteiger partial charge >= 0.3 is 0 Å². The van der Waals surface area contributed by atoms with E-state index in [4.69, 9.17) is 0 Å². The molecular formula is C21H21N3O. The highest BCUT2D eigenvalue weighted by molar-refractivity contribution is 5.83. The van der Waals surface area contributed by atoms with Gasteiger partial charge in [-0.25, -0.2) is 0 Å². The van der Waals surface area contributed by atoms with E-state index in [-0.39, 0.29) is 5.91 Å². The maximum Gasteiger partial charge on any atom is 0.240 e. The number of anilines is 1. The number of aromatic nitrogens is 1. The first-order valence-electron chi connectivity index (χ1n) is 8.20. The third kappa shape index (κ3) is 4.21. The second-order valence-corrected chi connectivity index (χ2v) is 6.02. The van der Waals surface area contributed by atoms with E-state index in [0.29, 0.717) is 13.1 Å². The van der Waals surface area contributed by atoms with Gasteiger partial charge < -0.3 is 14.8 Å². The van der Waals surface area contributed by atoms with Crippen molar-refractivity contribution < 1.29 is 4.79 Å². The second-order valence-electron chi connectivity index (χ2n) is 6.02. The number of nitrogens with one attached hydrogen (secondary N) is 1. The van der Waals surface area contributed by atoms with E-state index in [0.717, 1.165) is 22.2 Å². The molecule has 1 N–H and O–H groups in total. The Labute approximate surface area is 148 Å². The number of hydrogen-bond donors (Lipinski definition) is 1. The summed E-state index contributed by atoms with van der Waals surface area (Å²) >= 11 is 0. The molecule has 0 saturated carbocycles. The van der Waals surface area contributed by atoms with E-state index in [1.807, 2.05) is 84.4 Å². The van der Waals surface area contributed by atoms with Crippen LogP contribution in [-0.2, 0) is 11.3 Å². The Morgan fingerprint density at radius 1 is 1.08 bits per heavy atom. The summed E-state index contributed by atoms with van der Waals surface area (Å²) in [4.78, 5) is 14.1. The molecule has 0 spiro atoms. The molecular weight excluding hydrogens is 310 g/mol. The lowest BCUT2D eigenvalue weighted by atomic mass is 10.2.